The third-order valence-electron chi connectivity index (χ3n) is 1.38. The van der Waals surface area contributed by atoms with Crippen LogP contribution in [0.2, 0.25) is 0 Å². The molecule has 76 valence electrons. The highest BCUT2D eigenvalue weighted by atomic mass is 16.4. The molecule has 0 saturated carbocycles. The Labute approximate surface area is 72.9 Å². The number of carboxylic acids is 1. The summed E-state index contributed by atoms with van der Waals surface area (Å²) in [5.74, 6) is -3.56. The summed E-state index contributed by atoms with van der Waals surface area (Å²) in [5.41, 5.74) is 0. The second-order valence-electron chi connectivity index (χ2n) is 2.35. The predicted octanol–water partition coefficient (Wildman–Crippen LogP) is -3.28. The molecule has 5 N–H and O–H groups in total. The second-order valence-corrected chi connectivity index (χ2v) is 2.35. The summed E-state index contributed by atoms with van der Waals surface area (Å²) >= 11 is 0. The van der Waals surface area contributed by atoms with Gasteiger partial charge < -0.3 is 25.5 Å². The summed E-state index contributed by atoms with van der Waals surface area (Å²) in [6.45, 7) is -0.884. The molecule has 0 aliphatic carbocycles. The Morgan fingerprint density at radius 1 is 1.15 bits per heavy atom. The molecule has 0 bridgehead atoms. The minimum atomic E-state index is -2.24. The fourth-order valence-electron chi connectivity index (χ4n) is 0.600. The summed E-state index contributed by atoms with van der Waals surface area (Å²) in [7, 11) is 0. The van der Waals surface area contributed by atoms with Gasteiger partial charge in [-0.25, -0.2) is 4.79 Å². The fraction of sp³-hybridized carbons (Fsp3) is 0.667. The number of aliphatic hydroxyl groups is 4. The van der Waals surface area contributed by atoms with Gasteiger partial charge in [0.2, 0.25) is 0 Å². The maximum Gasteiger partial charge on any atom is 0.375 e. The molecule has 0 radical (unpaired) electrons. The maximum atomic E-state index is 10.5. The molecule has 0 aromatic heterocycles. The monoisotopic (exact) mass is 194 g/mol. The van der Waals surface area contributed by atoms with Gasteiger partial charge in [0.1, 0.15) is 12.2 Å². The molecular weight excluding hydrogens is 184 g/mol. The lowest BCUT2D eigenvalue weighted by molar-refractivity contribution is -0.159. The highest BCUT2D eigenvalue weighted by Crippen LogP contribution is 2.01. The van der Waals surface area contributed by atoms with Gasteiger partial charge >= 0.3 is 5.97 Å². The molecule has 0 unspecified atom stereocenters. The van der Waals surface area contributed by atoms with Gasteiger partial charge in [-0.05, 0) is 0 Å². The molecule has 7 heteroatoms. The zero-order chi connectivity index (χ0) is 10.6. The lowest BCUT2D eigenvalue weighted by Crippen LogP contribution is -2.46. The molecule has 0 aliphatic rings. The van der Waals surface area contributed by atoms with E-state index in [4.69, 9.17) is 25.5 Å². The van der Waals surface area contributed by atoms with E-state index in [2.05, 4.69) is 0 Å². The van der Waals surface area contributed by atoms with Gasteiger partial charge in [-0.2, -0.15) is 0 Å². The van der Waals surface area contributed by atoms with Crippen molar-refractivity contribution in [2.75, 3.05) is 6.61 Å². The van der Waals surface area contributed by atoms with Crippen molar-refractivity contribution in [2.45, 2.75) is 18.3 Å². The van der Waals surface area contributed by atoms with Gasteiger partial charge in [0.15, 0.2) is 6.10 Å². The van der Waals surface area contributed by atoms with Crippen LogP contribution in [-0.4, -0.2) is 62.2 Å². The molecule has 0 amide bonds. The summed E-state index contributed by atoms with van der Waals surface area (Å²) in [5, 5.41) is 42.8. The Hall–Kier alpha value is -1.02. The number of aliphatic hydroxyl groups excluding tert-OH is 4. The smallest absolute Gasteiger partial charge is 0.375 e. The van der Waals surface area contributed by atoms with Crippen molar-refractivity contribution in [3.05, 3.63) is 0 Å². The molecule has 3 atom stereocenters. The van der Waals surface area contributed by atoms with Crippen LogP contribution >= 0.6 is 0 Å². The molecule has 0 fully saturated rings. The van der Waals surface area contributed by atoms with Crippen LogP contribution in [0.25, 0.3) is 0 Å². The molecule has 0 aromatic rings. The van der Waals surface area contributed by atoms with E-state index in [1.54, 1.807) is 0 Å². The minimum Gasteiger partial charge on any atom is -0.475 e. The first kappa shape index (κ1) is 12.0. The summed E-state index contributed by atoms with van der Waals surface area (Å²) in [6.07, 6.45) is -5.99. The van der Waals surface area contributed by atoms with E-state index < -0.39 is 36.7 Å². The average Bonchev–Trinajstić information content (AvgIpc) is 2.12. The lowest BCUT2D eigenvalue weighted by atomic mass is 10.1. The topological polar surface area (TPSA) is 135 Å². The van der Waals surface area contributed by atoms with Crippen molar-refractivity contribution in [3.63, 3.8) is 0 Å². The highest BCUT2D eigenvalue weighted by Gasteiger charge is 2.33. The van der Waals surface area contributed by atoms with Crippen LogP contribution in [0.15, 0.2) is 0 Å². The number of hydrogen-bond acceptors (Lipinski definition) is 6. The normalized spacial score (nSPS) is 17.5. The van der Waals surface area contributed by atoms with E-state index in [0.29, 0.717) is 0 Å². The number of ketones is 1. The van der Waals surface area contributed by atoms with Gasteiger partial charge in [0, 0.05) is 0 Å². The molecule has 0 saturated heterocycles. The first-order chi connectivity index (χ1) is 5.91. The van der Waals surface area contributed by atoms with E-state index >= 15 is 0 Å². The van der Waals surface area contributed by atoms with Crippen molar-refractivity contribution in [1.29, 1.82) is 0 Å². The Morgan fingerprint density at radius 3 is 1.92 bits per heavy atom. The first-order valence-corrected chi connectivity index (χ1v) is 3.34. The van der Waals surface area contributed by atoms with Crippen LogP contribution in [0.5, 0.6) is 0 Å². The van der Waals surface area contributed by atoms with Gasteiger partial charge in [0.25, 0.3) is 5.78 Å². The van der Waals surface area contributed by atoms with Crippen LogP contribution in [0.3, 0.4) is 0 Å². The highest BCUT2D eigenvalue weighted by molar-refractivity contribution is 6.34. The number of hydrogen-bond donors (Lipinski definition) is 5. The standard InChI is InChI=1S/C6H10O7/c7-1-2(8)3(9)4(10)5(11)6(12)13/h2-4,7-10H,1H2,(H,12,13)/t2-,3+,4-/m1/s1. The van der Waals surface area contributed by atoms with Crippen molar-refractivity contribution in [1.82, 2.24) is 0 Å². The molecule has 0 spiro atoms. The molecule has 0 aromatic carbocycles. The summed E-state index contributed by atoms with van der Waals surface area (Å²) in [4.78, 5) is 20.5. The van der Waals surface area contributed by atoms with Crippen LogP contribution < -0.4 is 0 Å². The largest absolute Gasteiger partial charge is 0.475 e. The SMILES string of the molecule is O=C(O)C(=O)[C@H](O)[C@@H](O)[C@H](O)CO. The summed E-state index contributed by atoms with van der Waals surface area (Å²) in [6, 6.07) is 0. The Morgan fingerprint density at radius 2 is 1.62 bits per heavy atom. The Bertz CT molecular complexity index is 201. The second kappa shape index (κ2) is 4.87. The fourth-order valence-corrected chi connectivity index (χ4v) is 0.600. The van der Waals surface area contributed by atoms with Gasteiger partial charge in [-0.1, -0.05) is 0 Å². The number of rotatable bonds is 5. The molecule has 0 rings (SSSR count). The van der Waals surface area contributed by atoms with Crippen LogP contribution in [0.4, 0.5) is 0 Å². The van der Waals surface area contributed by atoms with E-state index in [0.717, 1.165) is 0 Å². The maximum absolute atomic E-state index is 10.5. The molecule has 0 aliphatic heterocycles. The van der Waals surface area contributed by atoms with Gasteiger partial charge in [-0.15, -0.1) is 0 Å². The predicted molar refractivity (Wildman–Crippen MR) is 37.7 cm³/mol. The van der Waals surface area contributed by atoms with E-state index in [1.165, 1.54) is 0 Å². The van der Waals surface area contributed by atoms with Gasteiger partial charge in [-0.3, -0.25) is 4.79 Å². The third kappa shape index (κ3) is 3.07. The van der Waals surface area contributed by atoms with E-state index in [1.807, 2.05) is 0 Å². The zero-order valence-electron chi connectivity index (χ0n) is 6.49. The molecule has 7 nitrogen and oxygen atoms in total. The molecular formula is C6H10O7. The number of carbonyl (C=O) groups is 2. The number of carbonyl (C=O) groups excluding carboxylic acids is 1. The number of Topliss-reactive ketones (excluding diaryl/α,β-unsaturated/α-hetero) is 1. The van der Waals surface area contributed by atoms with Crippen molar-refractivity contribution in [2.24, 2.45) is 0 Å². The minimum absolute atomic E-state index is 0.884. The first-order valence-electron chi connectivity index (χ1n) is 3.34. The Kier molecular flexibility index (Phi) is 4.49. The zero-order valence-corrected chi connectivity index (χ0v) is 6.49. The van der Waals surface area contributed by atoms with Crippen molar-refractivity contribution < 1.29 is 35.1 Å². The van der Waals surface area contributed by atoms with Gasteiger partial charge in [0.05, 0.1) is 6.61 Å². The van der Waals surface area contributed by atoms with E-state index in [9.17, 15) is 9.59 Å². The van der Waals surface area contributed by atoms with Crippen LogP contribution in [-0.2, 0) is 9.59 Å². The lowest BCUT2D eigenvalue weighted by Gasteiger charge is -2.18. The van der Waals surface area contributed by atoms with Crippen molar-refractivity contribution in [3.8, 4) is 0 Å². The number of aliphatic carboxylic acids is 1. The third-order valence-corrected chi connectivity index (χ3v) is 1.38. The van der Waals surface area contributed by atoms with Crippen molar-refractivity contribution >= 4 is 11.8 Å². The molecule has 13 heavy (non-hydrogen) atoms. The summed E-state index contributed by atoms with van der Waals surface area (Å²) < 4.78 is 0. The van der Waals surface area contributed by atoms with Crippen LogP contribution in [0.1, 0.15) is 0 Å². The van der Waals surface area contributed by atoms with E-state index in [-0.39, 0.29) is 0 Å². The average molecular weight is 194 g/mol. The Balaban J connectivity index is 4.33. The quantitative estimate of drug-likeness (QED) is 0.289. The molecule has 0 heterocycles. The van der Waals surface area contributed by atoms with Crippen LogP contribution in [0, 0.1) is 0 Å². The number of carboxylic acid groups (broad SMARTS) is 1.